The minimum Gasteiger partial charge on any atom is -0.494 e. The molecule has 1 rings (SSSR count). The summed E-state index contributed by atoms with van der Waals surface area (Å²) in [6, 6.07) is 6.71. The molecule has 0 unspecified atom stereocenters. The van der Waals surface area contributed by atoms with E-state index in [1.54, 1.807) is 24.3 Å². The second kappa shape index (κ2) is 6.00. The van der Waals surface area contributed by atoms with E-state index >= 15 is 0 Å². The third-order valence-corrected chi connectivity index (χ3v) is 1.87. The second-order valence-corrected chi connectivity index (χ2v) is 3.04. The standard InChI is InChI=1S/C10H15N3O2/c11-10(14)8-2-4-9(5-3-8)15-7-1-6-13-12/h2-5,13H,1,6-7,12H2,(H2,11,14). The van der Waals surface area contributed by atoms with Crippen LogP contribution >= 0.6 is 0 Å². The third-order valence-electron chi connectivity index (χ3n) is 1.87. The Bertz CT molecular complexity index is 311. The van der Waals surface area contributed by atoms with Crippen LogP contribution in [0.4, 0.5) is 0 Å². The molecule has 5 nitrogen and oxygen atoms in total. The number of nitrogens with one attached hydrogen (secondary N) is 1. The van der Waals surface area contributed by atoms with Crippen LogP contribution in [0.2, 0.25) is 0 Å². The summed E-state index contributed by atoms with van der Waals surface area (Å²) in [5.74, 6) is 5.39. The fourth-order valence-electron chi connectivity index (χ4n) is 1.08. The number of nitrogens with two attached hydrogens (primary N) is 2. The molecule has 5 N–H and O–H groups in total. The van der Waals surface area contributed by atoms with Gasteiger partial charge in [0.05, 0.1) is 6.61 Å². The summed E-state index contributed by atoms with van der Waals surface area (Å²) >= 11 is 0. The van der Waals surface area contributed by atoms with Crippen LogP contribution in [0.15, 0.2) is 24.3 Å². The van der Waals surface area contributed by atoms with Crippen molar-refractivity contribution in [1.29, 1.82) is 0 Å². The Hall–Kier alpha value is -1.59. The molecule has 0 atom stereocenters. The Morgan fingerprint density at radius 2 is 2.00 bits per heavy atom. The van der Waals surface area contributed by atoms with E-state index < -0.39 is 5.91 Å². The molecule has 0 aliphatic rings. The van der Waals surface area contributed by atoms with Crippen molar-refractivity contribution >= 4 is 5.91 Å². The zero-order valence-corrected chi connectivity index (χ0v) is 8.40. The van der Waals surface area contributed by atoms with E-state index in [0.29, 0.717) is 18.7 Å². The van der Waals surface area contributed by atoms with Gasteiger partial charge >= 0.3 is 0 Å². The van der Waals surface area contributed by atoms with E-state index in [4.69, 9.17) is 16.3 Å². The van der Waals surface area contributed by atoms with Gasteiger partial charge in [-0.2, -0.15) is 0 Å². The molecule has 0 fully saturated rings. The van der Waals surface area contributed by atoms with Crippen molar-refractivity contribution in [3.8, 4) is 5.75 Å². The summed E-state index contributed by atoms with van der Waals surface area (Å²) < 4.78 is 5.40. The summed E-state index contributed by atoms with van der Waals surface area (Å²) in [6.07, 6.45) is 0.827. The molecular weight excluding hydrogens is 194 g/mol. The molecule has 0 saturated heterocycles. The van der Waals surface area contributed by atoms with Gasteiger partial charge in [0.25, 0.3) is 0 Å². The highest BCUT2D eigenvalue weighted by Crippen LogP contribution is 2.11. The summed E-state index contributed by atoms with van der Waals surface area (Å²) in [5, 5.41) is 0. The largest absolute Gasteiger partial charge is 0.494 e. The summed E-state index contributed by atoms with van der Waals surface area (Å²) in [5.41, 5.74) is 8.12. The van der Waals surface area contributed by atoms with Crippen LogP contribution in [0.25, 0.3) is 0 Å². The lowest BCUT2D eigenvalue weighted by Gasteiger charge is -2.05. The first kappa shape index (κ1) is 11.5. The van der Waals surface area contributed by atoms with Crippen LogP contribution < -0.4 is 21.7 Å². The highest BCUT2D eigenvalue weighted by molar-refractivity contribution is 5.92. The number of hydrazine groups is 1. The lowest BCUT2D eigenvalue weighted by molar-refractivity contribution is 0.100. The van der Waals surface area contributed by atoms with Gasteiger partial charge < -0.3 is 10.5 Å². The van der Waals surface area contributed by atoms with Crippen LogP contribution in [0.3, 0.4) is 0 Å². The lowest BCUT2D eigenvalue weighted by Crippen LogP contribution is -2.24. The van der Waals surface area contributed by atoms with E-state index in [1.807, 2.05) is 0 Å². The van der Waals surface area contributed by atoms with Gasteiger partial charge in [0.1, 0.15) is 5.75 Å². The van der Waals surface area contributed by atoms with Gasteiger partial charge in [0, 0.05) is 12.1 Å². The number of ether oxygens (including phenoxy) is 1. The molecule has 0 aromatic heterocycles. The number of amides is 1. The SMILES string of the molecule is NNCCCOc1ccc(C(N)=O)cc1. The van der Waals surface area contributed by atoms with E-state index in [9.17, 15) is 4.79 Å². The van der Waals surface area contributed by atoms with Crippen molar-refractivity contribution in [1.82, 2.24) is 5.43 Å². The van der Waals surface area contributed by atoms with Crippen LogP contribution in [0.1, 0.15) is 16.8 Å². The Kier molecular flexibility index (Phi) is 4.59. The molecule has 0 heterocycles. The summed E-state index contributed by atoms with van der Waals surface area (Å²) in [6.45, 7) is 1.29. The topological polar surface area (TPSA) is 90.4 Å². The number of hydrogen-bond acceptors (Lipinski definition) is 4. The number of carbonyl (C=O) groups is 1. The molecule has 0 aliphatic carbocycles. The van der Waals surface area contributed by atoms with Crippen LogP contribution in [-0.4, -0.2) is 19.1 Å². The van der Waals surface area contributed by atoms with E-state index in [1.165, 1.54) is 0 Å². The van der Waals surface area contributed by atoms with Crippen molar-refractivity contribution < 1.29 is 9.53 Å². The third kappa shape index (κ3) is 3.97. The monoisotopic (exact) mass is 209 g/mol. The number of benzene rings is 1. The Morgan fingerprint density at radius 1 is 1.33 bits per heavy atom. The highest BCUT2D eigenvalue weighted by Gasteiger charge is 1.99. The minimum atomic E-state index is -0.436. The maximum absolute atomic E-state index is 10.8. The van der Waals surface area contributed by atoms with Gasteiger partial charge in [-0.3, -0.25) is 16.1 Å². The quantitative estimate of drug-likeness (QED) is 0.350. The van der Waals surface area contributed by atoms with Crippen LogP contribution in [0.5, 0.6) is 5.75 Å². The maximum atomic E-state index is 10.8. The number of hydrogen-bond donors (Lipinski definition) is 3. The normalized spacial score (nSPS) is 9.93. The van der Waals surface area contributed by atoms with Crippen molar-refractivity contribution in [3.05, 3.63) is 29.8 Å². The van der Waals surface area contributed by atoms with Gasteiger partial charge in [-0.15, -0.1) is 0 Å². The highest BCUT2D eigenvalue weighted by atomic mass is 16.5. The minimum absolute atomic E-state index is 0.436. The van der Waals surface area contributed by atoms with Gasteiger partial charge in [-0.05, 0) is 30.7 Å². The van der Waals surface area contributed by atoms with Gasteiger partial charge in [0.2, 0.25) is 5.91 Å². The molecule has 82 valence electrons. The Balaban J connectivity index is 2.39. The van der Waals surface area contributed by atoms with Crippen molar-refractivity contribution in [3.63, 3.8) is 0 Å². The smallest absolute Gasteiger partial charge is 0.248 e. The molecule has 5 heteroatoms. The Morgan fingerprint density at radius 3 is 2.53 bits per heavy atom. The molecule has 0 spiro atoms. The van der Waals surface area contributed by atoms with Crippen LogP contribution in [-0.2, 0) is 0 Å². The molecule has 0 radical (unpaired) electrons. The van der Waals surface area contributed by atoms with E-state index in [0.717, 1.165) is 12.2 Å². The lowest BCUT2D eigenvalue weighted by atomic mass is 10.2. The number of primary amides is 1. The molecule has 15 heavy (non-hydrogen) atoms. The molecule has 1 aromatic rings. The molecular formula is C10H15N3O2. The molecule has 0 bridgehead atoms. The van der Waals surface area contributed by atoms with Gasteiger partial charge in [-0.1, -0.05) is 0 Å². The predicted octanol–water partition coefficient (Wildman–Crippen LogP) is 0.0177. The summed E-state index contributed by atoms with van der Waals surface area (Å²) in [4.78, 5) is 10.8. The van der Waals surface area contributed by atoms with Gasteiger partial charge in [-0.25, -0.2) is 0 Å². The van der Waals surface area contributed by atoms with Gasteiger partial charge in [0.15, 0.2) is 0 Å². The average molecular weight is 209 g/mol. The second-order valence-electron chi connectivity index (χ2n) is 3.04. The number of carbonyl (C=O) groups excluding carboxylic acids is 1. The molecule has 1 amide bonds. The van der Waals surface area contributed by atoms with E-state index in [-0.39, 0.29) is 0 Å². The van der Waals surface area contributed by atoms with Crippen LogP contribution in [0, 0.1) is 0 Å². The maximum Gasteiger partial charge on any atom is 0.248 e. The van der Waals surface area contributed by atoms with Crippen molar-refractivity contribution in [2.75, 3.05) is 13.2 Å². The molecule has 1 aromatic carbocycles. The first-order chi connectivity index (χ1) is 7.24. The average Bonchev–Trinajstić information content (AvgIpc) is 2.25. The first-order valence-corrected chi connectivity index (χ1v) is 4.70. The van der Waals surface area contributed by atoms with E-state index in [2.05, 4.69) is 5.43 Å². The first-order valence-electron chi connectivity index (χ1n) is 4.70. The van der Waals surface area contributed by atoms with Crippen molar-refractivity contribution in [2.45, 2.75) is 6.42 Å². The Labute approximate surface area is 88.4 Å². The fraction of sp³-hybridized carbons (Fsp3) is 0.300. The molecule has 0 saturated carbocycles. The summed E-state index contributed by atoms with van der Waals surface area (Å²) in [7, 11) is 0. The zero-order valence-electron chi connectivity index (χ0n) is 8.40. The zero-order chi connectivity index (χ0) is 11.1. The number of rotatable bonds is 6. The van der Waals surface area contributed by atoms with Crippen molar-refractivity contribution in [2.24, 2.45) is 11.6 Å². The molecule has 0 aliphatic heterocycles. The fourth-order valence-corrected chi connectivity index (χ4v) is 1.08. The predicted molar refractivity (Wildman–Crippen MR) is 57.3 cm³/mol.